The fourth-order valence-electron chi connectivity index (χ4n) is 4.84. The van der Waals surface area contributed by atoms with E-state index in [0.29, 0.717) is 35.8 Å². The van der Waals surface area contributed by atoms with Crippen molar-refractivity contribution in [3.05, 3.63) is 41.5 Å². The highest BCUT2D eigenvalue weighted by molar-refractivity contribution is 6.08. The molecule has 1 aromatic heterocycles. The average Bonchev–Trinajstić information content (AvgIpc) is 3.58. The van der Waals surface area contributed by atoms with Gasteiger partial charge in [0.15, 0.2) is 11.6 Å². The van der Waals surface area contributed by atoms with E-state index in [-0.39, 0.29) is 5.91 Å². The normalized spacial score (nSPS) is 19.7. The molecule has 1 aromatic carbocycles. The SMILES string of the molecule is COc1ccc(NC(=O)c2ccc(C)cc2N2CCC3(CC2)CC3)nc1N1CCOCC1. The number of nitrogens with one attached hydrogen (secondary N) is 1. The fraction of sp³-hybridized carbons (Fsp3) is 0.520. The van der Waals surface area contributed by atoms with E-state index in [4.69, 9.17) is 14.5 Å². The maximum absolute atomic E-state index is 13.3. The molecule has 0 radical (unpaired) electrons. The Morgan fingerprint density at radius 2 is 1.78 bits per heavy atom. The van der Waals surface area contributed by atoms with Gasteiger partial charge in [-0.2, -0.15) is 0 Å². The summed E-state index contributed by atoms with van der Waals surface area (Å²) in [6.07, 6.45) is 5.20. The second kappa shape index (κ2) is 8.62. The first kappa shape index (κ1) is 21.1. The number of aryl methyl sites for hydroxylation is 1. The van der Waals surface area contributed by atoms with Crippen LogP contribution in [0.25, 0.3) is 0 Å². The van der Waals surface area contributed by atoms with Gasteiger partial charge in [0.25, 0.3) is 5.91 Å². The van der Waals surface area contributed by atoms with E-state index in [0.717, 1.165) is 37.7 Å². The zero-order valence-corrected chi connectivity index (χ0v) is 19.0. The number of anilines is 3. The van der Waals surface area contributed by atoms with Crippen LogP contribution in [0.2, 0.25) is 0 Å². The van der Waals surface area contributed by atoms with E-state index in [1.807, 2.05) is 18.2 Å². The number of aromatic nitrogens is 1. The molecule has 3 aliphatic rings. The van der Waals surface area contributed by atoms with Crippen molar-refractivity contribution in [1.82, 2.24) is 4.98 Å². The van der Waals surface area contributed by atoms with Gasteiger partial charge in [-0.1, -0.05) is 6.07 Å². The molecule has 1 spiro atoms. The summed E-state index contributed by atoms with van der Waals surface area (Å²) in [7, 11) is 1.64. The van der Waals surface area contributed by atoms with Gasteiger partial charge in [-0.3, -0.25) is 4.79 Å². The summed E-state index contributed by atoms with van der Waals surface area (Å²) in [4.78, 5) is 22.6. The lowest BCUT2D eigenvalue weighted by Crippen LogP contribution is -2.37. The summed E-state index contributed by atoms with van der Waals surface area (Å²) < 4.78 is 11.0. The molecular weight excluding hydrogens is 404 g/mol. The van der Waals surface area contributed by atoms with Crippen LogP contribution in [0.15, 0.2) is 30.3 Å². The molecule has 5 rings (SSSR count). The summed E-state index contributed by atoms with van der Waals surface area (Å²) >= 11 is 0. The number of carbonyl (C=O) groups excluding carboxylic acids is 1. The van der Waals surface area contributed by atoms with Gasteiger partial charge < -0.3 is 24.6 Å². The Morgan fingerprint density at radius 1 is 1.03 bits per heavy atom. The molecule has 0 atom stereocenters. The molecule has 1 N–H and O–H groups in total. The molecule has 32 heavy (non-hydrogen) atoms. The second-order valence-electron chi connectivity index (χ2n) is 9.28. The summed E-state index contributed by atoms with van der Waals surface area (Å²) in [6, 6.07) is 9.75. The van der Waals surface area contributed by atoms with Crippen molar-refractivity contribution in [2.45, 2.75) is 32.6 Å². The molecule has 7 nitrogen and oxygen atoms in total. The number of rotatable bonds is 5. The zero-order chi connectivity index (χ0) is 22.1. The van der Waals surface area contributed by atoms with E-state index in [1.54, 1.807) is 13.2 Å². The van der Waals surface area contributed by atoms with Crippen LogP contribution in [0.5, 0.6) is 5.75 Å². The Labute approximate surface area is 189 Å². The molecule has 2 aliphatic heterocycles. The van der Waals surface area contributed by atoms with Crippen molar-refractivity contribution >= 4 is 23.2 Å². The van der Waals surface area contributed by atoms with Gasteiger partial charge in [-0.15, -0.1) is 0 Å². The molecule has 1 saturated carbocycles. The third kappa shape index (κ3) is 4.26. The number of benzene rings is 1. The number of piperidine rings is 1. The van der Waals surface area contributed by atoms with Crippen molar-refractivity contribution in [1.29, 1.82) is 0 Å². The number of hydrogen-bond donors (Lipinski definition) is 1. The van der Waals surface area contributed by atoms with Gasteiger partial charge in [0.1, 0.15) is 5.82 Å². The van der Waals surface area contributed by atoms with Crippen LogP contribution < -0.4 is 19.9 Å². The minimum atomic E-state index is -0.127. The van der Waals surface area contributed by atoms with E-state index in [1.165, 1.54) is 31.2 Å². The molecule has 1 amide bonds. The lowest BCUT2D eigenvalue weighted by Gasteiger charge is -2.35. The number of amides is 1. The highest BCUT2D eigenvalue weighted by Gasteiger charge is 2.44. The third-order valence-corrected chi connectivity index (χ3v) is 7.13. The number of methoxy groups -OCH3 is 1. The lowest BCUT2D eigenvalue weighted by molar-refractivity contribution is 0.102. The maximum atomic E-state index is 13.3. The smallest absolute Gasteiger partial charge is 0.258 e. The molecule has 1 aliphatic carbocycles. The Bertz CT molecular complexity index is 989. The summed E-state index contributed by atoms with van der Waals surface area (Å²) in [5.41, 5.74) is 3.50. The van der Waals surface area contributed by atoms with Gasteiger partial charge >= 0.3 is 0 Å². The predicted molar refractivity (Wildman–Crippen MR) is 126 cm³/mol. The molecule has 7 heteroatoms. The maximum Gasteiger partial charge on any atom is 0.258 e. The van der Waals surface area contributed by atoms with Crippen LogP contribution in [0, 0.1) is 12.3 Å². The molecule has 3 heterocycles. The topological polar surface area (TPSA) is 66.9 Å². The Balaban J connectivity index is 1.37. The standard InChI is InChI=1S/C25H32N4O3/c1-18-3-4-19(20(17-18)28-11-9-25(7-8-25)10-12-28)24(30)27-22-6-5-21(31-2)23(26-22)29-13-15-32-16-14-29/h3-6,17H,7-16H2,1-2H3,(H,26,27,30). The van der Waals surface area contributed by atoms with Crippen molar-refractivity contribution in [2.75, 3.05) is 61.6 Å². The van der Waals surface area contributed by atoms with Gasteiger partial charge in [-0.05, 0) is 67.9 Å². The molecular formula is C25H32N4O3. The van der Waals surface area contributed by atoms with Gasteiger partial charge in [-0.25, -0.2) is 4.98 Å². The number of ether oxygens (including phenoxy) is 2. The first-order chi connectivity index (χ1) is 15.6. The molecule has 2 aromatic rings. The average molecular weight is 437 g/mol. The Hall–Kier alpha value is -2.80. The minimum absolute atomic E-state index is 0.127. The number of morpholine rings is 1. The van der Waals surface area contributed by atoms with Crippen LogP contribution >= 0.6 is 0 Å². The quantitative estimate of drug-likeness (QED) is 0.768. The van der Waals surface area contributed by atoms with E-state index in [9.17, 15) is 4.79 Å². The predicted octanol–water partition coefficient (Wildman–Crippen LogP) is 3.87. The molecule has 3 fully saturated rings. The first-order valence-electron chi connectivity index (χ1n) is 11.6. The van der Waals surface area contributed by atoms with Gasteiger partial charge in [0.2, 0.25) is 0 Å². The molecule has 0 bridgehead atoms. The fourth-order valence-corrected chi connectivity index (χ4v) is 4.84. The number of hydrogen-bond acceptors (Lipinski definition) is 6. The van der Waals surface area contributed by atoms with Crippen LogP contribution in [0.3, 0.4) is 0 Å². The Morgan fingerprint density at radius 3 is 2.47 bits per heavy atom. The molecule has 2 saturated heterocycles. The van der Waals surface area contributed by atoms with E-state index in [2.05, 4.69) is 28.1 Å². The largest absolute Gasteiger partial charge is 0.493 e. The van der Waals surface area contributed by atoms with Crippen LogP contribution in [-0.2, 0) is 4.74 Å². The van der Waals surface area contributed by atoms with Crippen LogP contribution in [-0.4, -0.2) is 57.4 Å². The summed E-state index contributed by atoms with van der Waals surface area (Å²) in [6.45, 7) is 6.93. The van der Waals surface area contributed by atoms with E-state index >= 15 is 0 Å². The highest BCUT2D eigenvalue weighted by atomic mass is 16.5. The van der Waals surface area contributed by atoms with Crippen LogP contribution in [0.4, 0.5) is 17.3 Å². The number of carbonyl (C=O) groups is 1. The second-order valence-corrected chi connectivity index (χ2v) is 9.28. The number of nitrogens with zero attached hydrogens (tertiary/aromatic N) is 3. The minimum Gasteiger partial charge on any atom is -0.493 e. The highest BCUT2D eigenvalue weighted by Crippen LogP contribution is 2.54. The van der Waals surface area contributed by atoms with Crippen molar-refractivity contribution < 1.29 is 14.3 Å². The zero-order valence-electron chi connectivity index (χ0n) is 19.0. The van der Waals surface area contributed by atoms with Gasteiger partial charge in [0, 0.05) is 31.9 Å². The lowest BCUT2D eigenvalue weighted by atomic mass is 9.92. The van der Waals surface area contributed by atoms with Crippen molar-refractivity contribution in [2.24, 2.45) is 5.41 Å². The first-order valence-corrected chi connectivity index (χ1v) is 11.6. The monoisotopic (exact) mass is 436 g/mol. The Kier molecular flexibility index (Phi) is 5.67. The van der Waals surface area contributed by atoms with Crippen LogP contribution in [0.1, 0.15) is 41.6 Å². The molecule has 0 unspecified atom stereocenters. The van der Waals surface area contributed by atoms with Gasteiger partial charge in [0.05, 0.1) is 25.9 Å². The summed E-state index contributed by atoms with van der Waals surface area (Å²) in [5, 5.41) is 3.03. The van der Waals surface area contributed by atoms with Crippen molar-refractivity contribution in [3.63, 3.8) is 0 Å². The number of pyridine rings is 1. The molecule has 170 valence electrons. The third-order valence-electron chi connectivity index (χ3n) is 7.13. The van der Waals surface area contributed by atoms with E-state index < -0.39 is 0 Å². The van der Waals surface area contributed by atoms with Crippen molar-refractivity contribution in [3.8, 4) is 5.75 Å². The summed E-state index contributed by atoms with van der Waals surface area (Å²) in [5.74, 6) is 1.84.